The Morgan fingerprint density at radius 3 is 2.13 bits per heavy atom. The normalized spacial score (nSPS) is 15.3. The maximum atomic E-state index is 13.3. The highest BCUT2D eigenvalue weighted by molar-refractivity contribution is 7.92. The third kappa shape index (κ3) is 5.23. The van der Waals surface area contributed by atoms with E-state index in [9.17, 15) is 22.8 Å². The van der Waals surface area contributed by atoms with Gasteiger partial charge in [-0.2, -0.15) is 0 Å². The number of piperazine rings is 1. The lowest BCUT2D eigenvalue weighted by Gasteiger charge is -2.36. The van der Waals surface area contributed by atoms with Gasteiger partial charge in [-0.1, -0.05) is 35.9 Å². The van der Waals surface area contributed by atoms with Crippen molar-refractivity contribution in [3.8, 4) is 0 Å². The third-order valence-corrected chi connectivity index (χ3v) is 7.10. The number of halogens is 1. The molecule has 2 aromatic carbocycles. The van der Waals surface area contributed by atoms with Crippen LogP contribution in [0.4, 0.5) is 0 Å². The first-order valence-electron chi connectivity index (χ1n) is 9.60. The van der Waals surface area contributed by atoms with E-state index in [4.69, 9.17) is 11.6 Å². The van der Waals surface area contributed by atoms with Gasteiger partial charge in [-0.15, -0.1) is 0 Å². The summed E-state index contributed by atoms with van der Waals surface area (Å²) in [5, 5.41) is 0.866. The minimum absolute atomic E-state index is 0.0814. The van der Waals surface area contributed by atoms with E-state index in [-0.39, 0.29) is 29.5 Å². The molecule has 1 saturated heterocycles. The SMILES string of the molecule is CC(=O)N1CCN(C(=O)[C@@H](NC(=O)c2cccc(Cl)c2)S(=O)(=O)c2ccccc2)CC1. The Bertz CT molecular complexity index is 1080. The molecule has 1 atom stereocenters. The Balaban J connectivity index is 1.90. The van der Waals surface area contributed by atoms with Crippen LogP contribution in [0.15, 0.2) is 59.5 Å². The molecule has 0 radical (unpaired) electrons. The van der Waals surface area contributed by atoms with Crippen LogP contribution < -0.4 is 5.32 Å². The van der Waals surface area contributed by atoms with Gasteiger partial charge in [0.25, 0.3) is 11.8 Å². The molecule has 1 fully saturated rings. The number of nitrogens with one attached hydrogen (secondary N) is 1. The zero-order valence-corrected chi connectivity index (χ0v) is 18.4. The molecule has 1 N–H and O–H groups in total. The predicted molar refractivity (Wildman–Crippen MR) is 115 cm³/mol. The van der Waals surface area contributed by atoms with Gasteiger partial charge in [0.2, 0.25) is 21.1 Å². The van der Waals surface area contributed by atoms with E-state index in [2.05, 4.69) is 5.32 Å². The lowest BCUT2D eigenvalue weighted by molar-refractivity contribution is -0.138. The van der Waals surface area contributed by atoms with Crippen molar-refractivity contribution in [3.63, 3.8) is 0 Å². The van der Waals surface area contributed by atoms with E-state index in [1.54, 1.807) is 35.2 Å². The summed E-state index contributed by atoms with van der Waals surface area (Å²) < 4.78 is 26.5. The Morgan fingerprint density at radius 1 is 0.935 bits per heavy atom. The first-order valence-corrected chi connectivity index (χ1v) is 11.5. The van der Waals surface area contributed by atoms with Gasteiger partial charge < -0.3 is 15.1 Å². The molecule has 0 spiro atoms. The van der Waals surface area contributed by atoms with E-state index in [0.29, 0.717) is 18.1 Å². The maximum absolute atomic E-state index is 13.3. The van der Waals surface area contributed by atoms with Gasteiger partial charge in [0.1, 0.15) is 0 Å². The van der Waals surface area contributed by atoms with Crippen molar-refractivity contribution in [3.05, 3.63) is 65.2 Å². The second-order valence-corrected chi connectivity index (χ2v) is 9.52. The number of hydrogen-bond acceptors (Lipinski definition) is 5. The first-order chi connectivity index (χ1) is 14.7. The highest BCUT2D eigenvalue weighted by Crippen LogP contribution is 2.19. The van der Waals surface area contributed by atoms with E-state index >= 15 is 0 Å². The zero-order valence-electron chi connectivity index (χ0n) is 16.8. The Morgan fingerprint density at radius 2 is 1.55 bits per heavy atom. The van der Waals surface area contributed by atoms with Crippen LogP contribution in [-0.2, 0) is 19.4 Å². The number of rotatable bonds is 5. The molecule has 10 heteroatoms. The fourth-order valence-electron chi connectivity index (χ4n) is 3.26. The van der Waals surface area contributed by atoms with Crippen molar-refractivity contribution in [2.45, 2.75) is 17.2 Å². The van der Waals surface area contributed by atoms with Crippen LogP contribution in [0.3, 0.4) is 0 Å². The van der Waals surface area contributed by atoms with E-state index < -0.39 is 27.0 Å². The molecule has 0 unspecified atom stereocenters. The molecule has 1 heterocycles. The second-order valence-electron chi connectivity index (χ2n) is 7.05. The van der Waals surface area contributed by atoms with Gasteiger partial charge in [0, 0.05) is 43.7 Å². The molecule has 164 valence electrons. The van der Waals surface area contributed by atoms with Crippen molar-refractivity contribution < 1.29 is 22.8 Å². The third-order valence-electron chi connectivity index (χ3n) is 4.99. The van der Waals surface area contributed by atoms with Crippen LogP contribution in [0.25, 0.3) is 0 Å². The van der Waals surface area contributed by atoms with Gasteiger partial charge >= 0.3 is 0 Å². The maximum Gasteiger partial charge on any atom is 0.261 e. The lowest BCUT2D eigenvalue weighted by Crippen LogP contribution is -2.57. The summed E-state index contributed by atoms with van der Waals surface area (Å²) in [6.45, 7) is 2.37. The zero-order chi connectivity index (χ0) is 22.6. The van der Waals surface area contributed by atoms with Crippen molar-refractivity contribution in [2.75, 3.05) is 26.2 Å². The van der Waals surface area contributed by atoms with Crippen LogP contribution in [0, 0.1) is 0 Å². The van der Waals surface area contributed by atoms with Gasteiger partial charge in [-0.3, -0.25) is 14.4 Å². The van der Waals surface area contributed by atoms with E-state index in [1.165, 1.54) is 36.1 Å². The number of benzene rings is 2. The summed E-state index contributed by atoms with van der Waals surface area (Å²) >= 11 is 5.93. The van der Waals surface area contributed by atoms with Crippen LogP contribution in [0.5, 0.6) is 0 Å². The Hall–Kier alpha value is -2.91. The molecule has 1 aliphatic rings. The quantitative estimate of drug-likeness (QED) is 0.724. The summed E-state index contributed by atoms with van der Waals surface area (Å²) in [6.07, 6.45) is 0. The van der Waals surface area contributed by atoms with Crippen LogP contribution in [0.1, 0.15) is 17.3 Å². The van der Waals surface area contributed by atoms with Gasteiger partial charge in [-0.05, 0) is 30.3 Å². The highest BCUT2D eigenvalue weighted by Gasteiger charge is 2.39. The van der Waals surface area contributed by atoms with Crippen LogP contribution in [0.2, 0.25) is 5.02 Å². The molecule has 8 nitrogen and oxygen atoms in total. The lowest BCUT2D eigenvalue weighted by atomic mass is 10.2. The summed E-state index contributed by atoms with van der Waals surface area (Å²) in [6, 6.07) is 13.5. The molecule has 2 aromatic rings. The van der Waals surface area contributed by atoms with Crippen molar-refractivity contribution in [1.82, 2.24) is 15.1 Å². The molecule has 31 heavy (non-hydrogen) atoms. The van der Waals surface area contributed by atoms with Crippen LogP contribution in [-0.4, -0.2) is 67.5 Å². The topological polar surface area (TPSA) is 104 Å². The number of carbonyl (C=O) groups is 3. The minimum atomic E-state index is -4.23. The summed E-state index contributed by atoms with van der Waals surface area (Å²) in [5.74, 6) is -1.60. The number of sulfone groups is 1. The van der Waals surface area contributed by atoms with E-state index in [1.807, 2.05) is 0 Å². The predicted octanol–water partition coefficient (Wildman–Crippen LogP) is 1.56. The second kappa shape index (κ2) is 9.49. The summed E-state index contributed by atoms with van der Waals surface area (Å²) in [7, 11) is -4.23. The fourth-order valence-corrected chi connectivity index (χ4v) is 4.93. The summed E-state index contributed by atoms with van der Waals surface area (Å²) in [5.41, 5.74) is 0.134. The molecule has 1 aliphatic heterocycles. The largest absolute Gasteiger partial charge is 0.339 e. The first kappa shape index (κ1) is 22.8. The standard InChI is InChI=1S/C21H22ClN3O5S/c1-15(26)24-10-12-25(13-11-24)21(28)20(31(29,30)18-8-3-2-4-9-18)23-19(27)16-6-5-7-17(22)14-16/h2-9,14,20H,10-13H2,1H3,(H,23,27)/t20-/m0/s1. The highest BCUT2D eigenvalue weighted by atomic mass is 35.5. The molecule has 0 aromatic heterocycles. The average molecular weight is 464 g/mol. The number of nitrogens with zero attached hydrogens (tertiary/aromatic N) is 2. The van der Waals surface area contributed by atoms with Crippen molar-refractivity contribution >= 4 is 39.2 Å². The molecule has 3 rings (SSSR count). The van der Waals surface area contributed by atoms with Crippen molar-refractivity contribution in [2.24, 2.45) is 0 Å². The molecule has 0 aliphatic carbocycles. The Labute approximate surface area is 185 Å². The van der Waals surface area contributed by atoms with Gasteiger partial charge in [-0.25, -0.2) is 8.42 Å². The molecule has 3 amide bonds. The van der Waals surface area contributed by atoms with Crippen molar-refractivity contribution in [1.29, 1.82) is 0 Å². The molecular weight excluding hydrogens is 442 g/mol. The van der Waals surface area contributed by atoms with E-state index in [0.717, 1.165) is 0 Å². The average Bonchev–Trinajstić information content (AvgIpc) is 2.77. The minimum Gasteiger partial charge on any atom is -0.339 e. The van der Waals surface area contributed by atoms with Gasteiger partial charge in [0.05, 0.1) is 4.90 Å². The molecule has 0 saturated carbocycles. The molecular formula is C21H22ClN3O5S. The monoisotopic (exact) mass is 463 g/mol. The molecule has 0 bridgehead atoms. The van der Waals surface area contributed by atoms with Gasteiger partial charge in [0.15, 0.2) is 0 Å². The van der Waals surface area contributed by atoms with Crippen LogP contribution >= 0.6 is 11.6 Å². The summed E-state index contributed by atoms with van der Waals surface area (Å²) in [4.78, 5) is 40.4. The number of amides is 3. The fraction of sp³-hybridized carbons (Fsp3) is 0.286. The Kier molecular flexibility index (Phi) is 6.97. The number of hydrogen-bond donors (Lipinski definition) is 1. The number of carbonyl (C=O) groups excluding carboxylic acids is 3. The smallest absolute Gasteiger partial charge is 0.261 e.